The van der Waals surface area contributed by atoms with Gasteiger partial charge in [-0.1, -0.05) is 25.4 Å². The van der Waals surface area contributed by atoms with Crippen LogP contribution < -0.4 is 5.32 Å². The molecule has 0 aliphatic carbocycles. The van der Waals surface area contributed by atoms with Crippen LogP contribution in [0, 0.1) is 5.92 Å². The molecular weight excluding hydrogens is 361 g/mol. The van der Waals surface area contributed by atoms with Gasteiger partial charge in [0.05, 0.1) is 30.2 Å². The van der Waals surface area contributed by atoms with Crippen LogP contribution in [0.1, 0.15) is 19.4 Å². The van der Waals surface area contributed by atoms with Crippen molar-refractivity contribution < 1.29 is 27.5 Å². The normalized spacial score (nSPS) is 12.8. The van der Waals surface area contributed by atoms with Crippen LogP contribution in [-0.2, 0) is 20.5 Å². The van der Waals surface area contributed by atoms with Gasteiger partial charge >= 0.3 is 12.1 Å². The monoisotopic (exact) mass is 380 g/mol. The van der Waals surface area contributed by atoms with Crippen molar-refractivity contribution >= 4 is 29.2 Å². The summed E-state index contributed by atoms with van der Waals surface area (Å²) in [4.78, 5) is 25.2. The SMILES string of the molecule is CCN(CC(=O)Nc1ccc(Cl)c(C(F)(F)F)c1)CC(C)C(=O)OC. The third-order valence-corrected chi connectivity index (χ3v) is 3.84. The van der Waals surface area contributed by atoms with Crippen molar-refractivity contribution in [3.05, 3.63) is 28.8 Å². The first-order valence-corrected chi connectivity index (χ1v) is 7.93. The summed E-state index contributed by atoms with van der Waals surface area (Å²) in [7, 11) is 1.28. The Hall–Kier alpha value is -1.80. The van der Waals surface area contributed by atoms with Gasteiger partial charge in [-0.15, -0.1) is 0 Å². The maximum atomic E-state index is 12.8. The lowest BCUT2D eigenvalue weighted by Crippen LogP contribution is -2.38. The Bertz CT molecular complexity index is 623. The smallest absolute Gasteiger partial charge is 0.417 e. The molecule has 0 aliphatic rings. The van der Waals surface area contributed by atoms with Crippen LogP contribution >= 0.6 is 11.6 Å². The molecule has 0 aromatic heterocycles. The van der Waals surface area contributed by atoms with Gasteiger partial charge in [-0.2, -0.15) is 13.2 Å². The van der Waals surface area contributed by atoms with Gasteiger partial charge in [0.25, 0.3) is 0 Å². The fourth-order valence-electron chi connectivity index (χ4n) is 2.19. The molecule has 0 spiro atoms. The summed E-state index contributed by atoms with van der Waals surface area (Å²) >= 11 is 5.54. The number of nitrogens with one attached hydrogen (secondary N) is 1. The summed E-state index contributed by atoms with van der Waals surface area (Å²) in [6, 6.07) is 3.16. The van der Waals surface area contributed by atoms with Crippen LogP contribution in [0.5, 0.6) is 0 Å². The van der Waals surface area contributed by atoms with Crippen molar-refractivity contribution in [3.63, 3.8) is 0 Å². The minimum absolute atomic E-state index is 0.00112. The average molecular weight is 381 g/mol. The maximum Gasteiger partial charge on any atom is 0.417 e. The summed E-state index contributed by atoms with van der Waals surface area (Å²) in [6.07, 6.45) is -4.61. The lowest BCUT2D eigenvalue weighted by atomic mass is 10.1. The molecule has 0 fully saturated rings. The molecule has 0 radical (unpaired) electrons. The van der Waals surface area contributed by atoms with Gasteiger partial charge in [-0.3, -0.25) is 14.5 Å². The molecule has 1 rings (SSSR count). The van der Waals surface area contributed by atoms with E-state index in [0.29, 0.717) is 13.1 Å². The number of carbonyl (C=O) groups is 2. The molecule has 1 N–H and O–H groups in total. The van der Waals surface area contributed by atoms with Gasteiger partial charge in [-0.25, -0.2) is 0 Å². The molecule has 0 aliphatic heterocycles. The number of alkyl halides is 3. The minimum atomic E-state index is -4.61. The van der Waals surface area contributed by atoms with E-state index in [9.17, 15) is 22.8 Å². The number of anilines is 1. The lowest BCUT2D eigenvalue weighted by molar-refractivity contribution is -0.145. The number of amides is 1. The number of carbonyl (C=O) groups excluding carboxylic acids is 2. The molecular formula is C16H20ClF3N2O3. The number of halogens is 4. The van der Waals surface area contributed by atoms with Crippen molar-refractivity contribution in [2.75, 3.05) is 32.1 Å². The van der Waals surface area contributed by atoms with E-state index in [1.165, 1.54) is 13.2 Å². The number of methoxy groups -OCH3 is 1. The Balaban J connectivity index is 2.74. The van der Waals surface area contributed by atoms with Crippen LogP contribution in [0.15, 0.2) is 18.2 Å². The summed E-state index contributed by atoms with van der Waals surface area (Å²) in [6.45, 7) is 4.19. The highest BCUT2D eigenvalue weighted by Crippen LogP contribution is 2.36. The van der Waals surface area contributed by atoms with Crippen molar-refractivity contribution in [3.8, 4) is 0 Å². The van der Waals surface area contributed by atoms with Crippen molar-refractivity contribution in [2.24, 2.45) is 5.92 Å². The summed E-state index contributed by atoms with van der Waals surface area (Å²) in [5.74, 6) is -1.31. The summed E-state index contributed by atoms with van der Waals surface area (Å²) < 4.78 is 43.1. The summed E-state index contributed by atoms with van der Waals surface area (Å²) in [5.41, 5.74) is -1.02. The fraction of sp³-hybridized carbons (Fsp3) is 0.500. The van der Waals surface area contributed by atoms with Crippen molar-refractivity contribution in [1.29, 1.82) is 0 Å². The zero-order valence-corrected chi connectivity index (χ0v) is 14.9. The molecule has 1 unspecified atom stereocenters. The second kappa shape index (κ2) is 9.05. The predicted molar refractivity (Wildman–Crippen MR) is 88.4 cm³/mol. The second-order valence-corrected chi connectivity index (χ2v) is 5.90. The molecule has 0 saturated heterocycles. The molecule has 0 saturated carbocycles. The zero-order chi connectivity index (χ0) is 19.2. The third kappa shape index (κ3) is 6.55. The molecule has 9 heteroatoms. The predicted octanol–water partition coefficient (Wildman–Crippen LogP) is 3.43. The number of ether oxygens (including phenoxy) is 1. The van der Waals surface area contributed by atoms with E-state index in [2.05, 4.69) is 10.1 Å². The van der Waals surface area contributed by atoms with Crippen molar-refractivity contribution in [2.45, 2.75) is 20.0 Å². The van der Waals surface area contributed by atoms with Crippen LogP contribution in [-0.4, -0.2) is 43.5 Å². The number of hydrogen-bond acceptors (Lipinski definition) is 4. The van der Waals surface area contributed by atoms with Crippen molar-refractivity contribution in [1.82, 2.24) is 4.90 Å². The first-order valence-electron chi connectivity index (χ1n) is 7.55. The van der Waals surface area contributed by atoms with Gasteiger partial charge in [-0.05, 0) is 24.7 Å². The molecule has 0 bridgehead atoms. The van der Waals surface area contributed by atoms with E-state index in [4.69, 9.17) is 11.6 Å². The number of rotatable bonds is 7. The van der Waals surface area contributed by atoms with Crippen LogP contribution in [0.3, 0.4) is 0 Å². The Kier molecular flexibility index (Phi) is 7.69. The molecule has 0 heterocycles. The molecule has 1 amide bonds. The Morgan fingerprint density at radius 3 is 2.52 bits per heavy atom. The van der Waals surface area contributed by atoms with Gasteiger partial charge in [0.2, 0.25) is 5.91 Å². The average Bonchev–Trinajstić information content (AvgIpc) is 2.53. The van der Waals surface area contributed by atoms with E-state index in [0.717, 1.165) is 12.1 Å². The number of benzene rings is 1. The number of likely N-dealkylation sites (N-methyl/N-ethyl adjacent to an activating group) is 1. The third-order valence-electron chi connectivity index (χ3n) is 3.51. The highest BCUT2D eigenvalue weighted by atomic mass is 35.5. The summed E-state index contributed by atoms with van der Waals surface area (Å²) in [5, 5.41) is 1.97. The van der Waals surface area contributed by atoms with Crippen LogP contribution in [0.2, 0.25) is 5.02 Å². The first kappa shape index (κ1) is 21.2. The maximum absolute atomic E-state index is 12.8. The van der Waals surface area contributed by atoms with E-state index >= 15 is 0 Å². The Morgan fingerprint density at radius 2 is 2.00 bits per heavy atom. The van der Waals surface area contributed by atoms with E-state index in [-0.39, 0.29) is 12.2 Å². The largest absolute Gasteiger partial charge is 0.469 e. The van der Waals surface area contributed by atoms with E-state index in [1.54, 1.807) is 18.7 Å². The first-order chi connectivity index (χ1) is 11.6. The number of esters is 1. The van der Waals surface area contributed by atoms with Crippen LogP contribution in [0.25, 0.3) is 0 Å². The molecule has 1 aromatic carbocycles. The van der Waals surface area contributed by atoms with Crippen LogP contribution in [0.4, 0.5) is 18.9 Å². The zero-order valence-electron chi connectivity index (χ0n) is 14.1. The molecule has 140 valence electrons. The lowest BCUT2D eigenvalue weighted by Gasteiger charge is -2.22. The Morgan fingerprint density at radius 1 is 1.36 bits per heavy atom. The topological polar surface area (TPSA) is 58.6 Å². The van der Waals surface area contributed by atoms with Gasteiger partial charge in [0.15, 0.2) is 0 Å². The minimum Gasteiger partial charge on any atom is -0.469 e. The van der Waals surface area contributed by atoms with Gasteiger partial charge in [0, 0.05) is 12.2 Å². The number of hydrogen-bond donors (Lipinski definition) is 1. The highest BCUT2D eigenvalue weighted by molar-refractivity contribution is 6.31. The fourth-order valence-corrected chi connectivity index (χ4v) is 2.42. The molecule has 1 aromatic rings. The number of nitrogens with zero attached hydrogens (tertiary/aromatic N) is 1. The second-order valence-electron chi connectivity index (χ2n) is 5.49. The van der Waals surface area contributed by atoms with E-state index < -0.39 is 34.6 Å². The van der Waals surface area contributed by atoms with Gasteiger partial charge < -0.3 is 10.1 Å². The van der Waals surface area contributed by atoms with Gasteiger partial charge in [0.1, 0.15) is 0 Å². The molecule has 5 nitrogen and oxygen atoms in total. The van der Waals surface area contributed by atoms with E-state index in [1.807, 2.05) is 0 Å². The quantitative estimate of drug-likeness (QED) is 0.736. The Labute approximate surface area is 149 Å². The highest BCUT2D eigenvalue weighted by Gasteiger charge is 2.33. The molecule has 1 atom stereocenters. The standard InChI is InChI=1S/C16H20ClF3N2O3/c1-4-22(8-10(2)15(24)25-3)9-14(23)21-11-5-6-13(17)12(7-11)16(18,19)20/h5-7,10H,4,8-9H2,1-3H3,(H,21,23). The molecule has 25 heavy (non-hydrogen) atoms.